The van der Waals surface area contributed by atoms with Crippen molar-refractivity contribution >= 4 is 0 Å². The van der Waals surface area contributed by atoms with Crippen molar-refractivity contribution in [2.24, 2.45) is 11.3 Å². The maximum absolute atomic E-state index is 3.70. The normalized spacial score (nSPS) is 30.8. The second-order valence-electron chi connectivity index (χ2n) is 6.25. The van der Waals surface area contributed by atoms with Gasteiger partial charge in [-0.1, -0.05) is 20.8 Å². The minimum Gasteiger partial charge on any atom is -0.312 e. The SMILES string of the molecule is CC1CC(C)(C)CCC1NCCN(C)C. The molecule has 0 radical (unpaired) electrons. The highest BCUT2D eigenvalue weighted by Crippen LogP contribution is 2.38. The quantitative estimate of drug-likeness (QED) is 0.769. The van der Waals surface area contributed by atoms with Gasteiger partial charge in [-0.3, -0.25) is 0 Å². The van der Waals surface area contributed by atoms with Crippen molar-refractivity contribution in [1.82, 2.24) is 10.2 Å². The molecule has 2 nitrogen and oxygen atoms in total. The van der Waals surface area contributed by atoms with E-state index >= 15 is 0 Å². The highest BCUT2D eigenvalue weighted by Gasteiger charge is 2.31. The Labute approximate surface area is 95.4 Å². The average Bonchev–Trinajstić information content (AvgIpc) is 2.07. The van der Waals surface area contributed by atoms with Crippen molar-refractivity contribution in [2.45, 2.75) is 46.1 Å². The van der Waals surface area contributed by atoms with Crippen LogP contribution in [0.25, 0.3) is 0 Å². The standard InChI is InChI=1S/C13H28N2/c1-11-10-13(2,3)7-6-12(11)14-8-9-15(4)5/h11-12,14H,6-10H2,1-5H3. The number of hydrogen-bond donors (Lipinski definition) is 1. The number of rotatable bonds is 4. The molecule has 0 aromatic rings. The lowest BCUT2D eigenvalue weighted by atomic mass is 9.70. The second-order valence-corrected chi connectivity index (χ2v) is 6.25. The first kappa shape index (κ1) is 13.0. The number of likely N-dealkylation sites (N-methyl/N-ethyl adjacent to an activating group) is 1. The largest absolute Gasteiger partial charge is 0.312 e. The van der Waals surface area contributed by atoms with Crippen molar-refractivity contribution in [3.63, 3.8) is 0 Å². The molecule has 1 fully saturated rings. The Kier molecular flexibility index (Phi) is 4.60. The third-order valence-corrected chi connectivity index (χ3v) is 3.66. The lowest BCUT2D eigenvalue weighted by Crippen LogP contribution is -2.43. The van der Waals surface area contributed by atoms with Gasteiger partial charge < -0.3 is 10.2 Å². The van der Waals surface area contributed by atoms with Crippen molar-refractivity contribution in [1.29, 1.82) is 0 Å². The van der Waals surface area contributed by atoms with E-state index in [0.29, 0.717) is 5.41 Å². The highest BCUT2D eigenvalue weighted by atomic mass is 15.1. The molecule has 90 valence electrons. The Bertz CT molecular complexity index is 187. The molecule has 0 heterocycles. The van der Waals surface area contributed by atoms with Gasteiger partial charge in [0.05, 0.1) is 0 Å². The Morgan fingerprint density at radius 2 is 2.00 bits per heavy atom. The van der Waals surface area contributed by atoms with E-state index in [0.717, 1.165) is 25.0 Å². The molecule has 0 amide bonds. The van der Waals surface area contributed by atoms with Crippen molar-refractivity contribution in [3.8, 4) is 0 Å². The van der Waals surface area contributed by atoms with Crippen LogP contribution in [-0.2, 0) is 0 Å². The average molecular weight is 212 g/mol. The summed E-state index contributed by atoms with van der Waals surface area (Å²) in [7, 11) is 4.27. The fourth-order valence-corrected chi connectivity index (χ4v) is 2.72. The molecule has 1 aliphatic carbocycles. The predicted molar refractivity (Wildman–Crippen MR) is 67.1 cm³/mol. The summed E-state index contributed by atoms with van der Waals surface area (Å²) >= 11 is 0. The van der Waals surface area contributed by atoms with Gasteiger partial charge >= 0.3 is 0 Å². The molecule has 0 aliphatic heterocycles. The number of nitrogens with one attached hydrogen (secondary N) is 1. The zero-order valence-electron chi connectivity index (χ0n) is 11.1. The fourth-order valence-electron chi connectivity index (χ4n) is 2.72. The van der Waals surface area contributed by atoms with Crippen LogP contribution in [0.1, 0.15) is 40.0 Å². The first-order chi connectivity index (χ1) is 6.91. The molecule has 0 aromatic heterocycles. The molecule has 15 heavy (non-hydrogen) atoms. The molecular formula is C13H28N2. The zero-order chi connectivity index (χ0) is 11.5. The summed E-state index contributed by atoms with van der Waals surface area (Å²) in [6.07, 6.45) is 4.09. The Hall–Kier alpha value is -0.0800. The molecule has 1 saturated carbocycles. The van der Waals surface area contributed by atoms with Crippen LogP contribution in [0.5, 0.6) is 0 Å². The van der Waals surface area contributed by atoms with Crippen LogP contribution in [0.4, 0.5) is 0 Å². The van der Waals surface area contributed by atoms with Gasteiger partial charge in [0, 0.05) is 19.1 Å². The summed E-state index contributed by atoms with van der Waals surface area (Å²) in [4.78, 5) is 2.24. The predicted octanol–water partition coefficient (Wildman–Crippen LogP) is 2.35. The zero-order valence-corrected chi connectivity index (χ0v) is 11.1. The fraction of sp³-hybridized carbons (Fsp3) is 1.00. The van der Waals surface area contributed by atoms with E-state index in [4.69, 9.17) is 0 Å². The van der Waals surface area contributed by atoms with Crippen LogP contribution in [0.3, 0.4) is 0 Å². The first-order valence-corrected chi connectivity index (χ1v) is 6.29. The summed E-state index contributed by atoms with van der Waals surface area (Å²) in [5.74, 6) is 0.830. The van der Waals surface area contributed by atoms with E-state index < -0.39 is 0 Å². The van der Waals surface area contributed by atoms with Gasteiger partial charge in [-0.15, -0.1) is 0 Å². The van der Waals surface area contributed by atoms with E-state index in [1.54, 1.807) is 0 Å². The summed E-state index contributed by atoms with van der Waals surface area (Å²) in [6.45, 7) is 9.47. The summed E-state index contributed by atoms with van der Waals surface area (Å²) in [5.41, 5.74) is 0.569. The lowest BCUT2D eigenvalue weighted by Gasteiger charge is -2.39. The first-order valence-electron chi connectivity index (χ1n) is 6.29. The van der Waals surface area contributed by atoms with Gasteiger partial charge in [-0.25, -0.2) is 0 Å². The van der Waals surface area contributed by atoms with Gasteiger partial charge in [0.15, 0.2) is 0 Å². The third kappa shape index (κ3) is 4.52. The van der Waals surface area contributed by atoms with E-state index in [2.05, 4.69) is 45.1 Å². The molecule has 2 atom stereocenters. The monoisotopic (exact) mass is 212 g/mol. The molecule has 0 aromatic carbocycles. The Morgan fingerprint density at radius 1 is 1.33 bits per heavy atom. The van der Waals surface area contributed by atoms with Crippen molar-refractivity contribution in [3.05, 3.63) is 0 Å². The van der Waals surface area contributed by atoms with Crippen LogP contribution in [0.15, 0.2) is 0 Å². The van der Waals surface area contributed by atoms with Gasteiger partial charge in [-0.2, -0.15) is 0 Å². The van der Waals surface area contributed by atoms with Crippen molar-refractivity contribution < 1.29 is 0 Å². The molecule has 2 heteroatoms. The maximum Gasteiger partial charge on any atom is 0.0101 e. The topological polar surface area (TPSA) is 15.3 Å². The van der Waals surface area contributed by atoms with E-state index in [1.165, 1.54) is 19.3 Å². The Morgan fingerprint density at radius 3 is 2.53 bits per heavy atom. The minimum absolute atomic E-state index is 0.569. The Balaban J connectivity index is 2.26. The van der Waals surface area contributed by atoms with Crippen LogP contribution in [0.2, 0.25) is 0 Å². The summed E-state index contributed by atoms with van der Waals surface area (Å²) < 4.78 is 0. The minimum atomic E-state index is 0.569. The molecule has 0 bridgehead atoms. The highest BCUT2D eigenvalue weighted by molar-refractivity contribution is 4.86. The second kappa shape index (κ2) is 5.31. The smallest absolute Gasteiger partial charge is 0.0101 e. The van der Waals surface area contributed by atoms with E-state index in [-0.39, 0.29) is 0 Å². The van der Waals surface area contributed by atoms with Crippen molar-refractivity contribution in [2.75, 3.05) is 27.2 Å². The van der Waals surface area contributed by atoms with Crippen LogP contribution in [0, 0.1) is 11.3 Å². The molecular weight excluding hydrogens is 184 g/mol. The molecule has 2 unspecified atom stereocenters. The van der Waals surface area contributed by atoms with Gasteiger partial charge in [0.25, 0.3) is 0 Å². The van der Waals surface area contributed by atoms with E-state index in [9.17, 15) is 0 Å². The van der Waals surface area contributed by atoms with Gasteiger partial charge in [0.1, 0.15) is 0 Å². The summed E-state index contributed by atoms with van der Waals surface area (Å²) in [6, 6.07) is 0.748. The molecule has 0 spiro atoms. The van der Waals surface area contributed by atoms with Gasteiger partial charge in [0.2, 0.25) is 0 Å². The molecule has 0 saturated heterocycles. The number of hydrogen-bond acceptors (Lipinski definition) is 2. The summed E-state index contributed by atoms with van der Waals surface area (Å²) in [5, 5.41) is 3.70. The molecule has 1 aliphatic rings. The van der Waals surface area contributed by atoms with E-state index in [1.807, 2.05) is 0 Å². The van der Waals surface area contributed by atoms with Crippen LogP contribution >= 0.6 is 0 Å². The lowest BCUT2D eigenvalue weighted by molar-refractivity contribution is 0.147. The molecule has 1 rings (SSSR count). The van der Waals surface area contributed by atoms with Gasteiger partial charge in [-0.05, 0) is 44.7 Å². The third-order valence-electron chi connectivity index (χ3n) is 3.66. The maximum atomic E-state index is 3.70. The molecule has 1 N–H and O–H groups in total. The van der Waals surface area contributed by atoms with Crippen LogP contribution < -0.4 is 5.32 Å². The van der Waals surface area contributed by atoms with Crippen LogP contribution in [-0.4, -0.2) is 38.1 Å². The number of nitrogens with zero attached hydrogens (tertiary/aromatic N) is 1.